The van der Waals surface area contributed by atoms with Crippen LogP contribution in [0.4, 0.5) is 23.2 Å². The van der Waals surface area contributed by atoms with Gasteiger partial charge in [0.25, 0.3) is 5.91 Å². The molecule has 0 aliphatic carbocycles. The number of carbonyl (C=O) groups is 1. The van der Waals surface area contributed by atoms with Gasteiger partial charge in [-0.3, -0.25) is 4.79 Å². The molecule has 3 heterocycles. The number of pyridine rings is 1. The molecule has 0 saturated carbocycles. The summed E-state index contributed by atoms with van der Waals surface area (Å²) in [5, 5.41) is 2.96. The van der Waals surface area contributed by atoms with E-state index in [-0.39, 0.29) is 23.6 Å². The highest BCUT2D eigenvalue weighted by Gasteiger charge is 2.57. The molecule has 3 N–H and O–H groups in total. The topological polar surface area (TPSA) is 98.8 Å². The first-order valence-electron chi connectivity index (χ1n) is 9.84. The number of halogens is 4. The quantitative estimate of drug-likeness (QED) is 0.628. The summed E-state index contributed by atoms with van der Waals surface area (Å²) in [4.78, 5) is 21.0. The molecule has 2 unspecified atom stereocenters. The summed E-state index contributed by atoms with van der Waals surface area (Å²) >= 11 is 1.39. The monoisotopic (exact) mass is 484 g/mol. The molecule has 1 aromatic heterocycles. The van der Waals surface area contributed by atoms with Crippen molar-refractivity contribution >= 4 is 28.5 Å². The van der Waals surface area contributed by atoms with Crippen LogP contribution >= 0.6 is 11.8 Å². The molecule has 2 atom stereocenters. The van der Waals surface area contributed by atoms with E-state index in [4.69, 9.17) is 10.5 Å². The second kappa shape index (κ2) is 8.49. The Bertz CT molecular complexity index is 1100. The molecule has 1 saturated heterocycles. The summed E-state index contributed by atoms with van der Waals surface area (Å²) in [7, 11) is 0. The maximum absolute atomic E-state index is 15.0. The molecule has 2 aliphatic heterocycles. The van der Waals surface area contributed by atoms with Crippen molar-refractivity contribution in [1.82, 2.24) is 4.98 Å². The molecule has 12 heteroatoms. The zero-order valence-electron chi connectivity index (χ0n) is 17.4. The predicted molar refractivity (Wildman–Crippen MR) is 115 cm³/mol. The van der Waals surface area contributed by atoms with Gasteiger partial charge >= 0.3 is 6.18 Å². The molecule has 0 bridgehead atoms. The molecular formula is C21H20F4N4O3S. The minimum Gasteiger partial charge on any atom is -0.483 e. The van der Waals surface area contributed by atoms with E-state index in [0.717, 1.165) is 6.20 Å². The van der Waals surface area contributed by atoms with Crippen molar-refractivity contribution in [3.63, 3.8) is 0 Å². The number of thioether (sulfide) groups is 1. The van der Waals surface area contributed by atoms with Crippen molar-refractivity contribution in [3.05, 3.63) is 53.6 Å². The van der Waals surface area contributed by atoms with Gasteiger partial charge in [-0.2, -0.15) is 13.2 Å². The van der Waals surface area contributed by atoms with Crippen LogP contribution in [-0.2, 0) is 10.3 Å². The van der Waals surface area contributed by atoms with E-state index in [9.17, 15) is 22.4 Å². The van der Waals surface area contributed by atoms with Gasteiger partial charge in [0.05, 0.1) is 19.4 Å². The first kappa shape index (κ1) is 23.3. The van der Waals surface area contributed by atoms with Crippen molar-refractivity contribution in [2.45, 2.75) is 18.6 Å². The lowest BCUT2D eigenvalue weighted by Crippen LogP contribution is -2.48. The number of amidine groups is 1. The number of rotatable bonds is 5. The Morgan fingerprint density at radius 1 is 1.30 bits per heavy atom. The number of anilines is 1. The standard InChI is InChI=1S/C21H20F4N4O3S/c1-19-8-31-9-20(19,29-18(26)33-11-19)14-6-12(2-4-15(14)22)28-17(30)16-5-3-13(7-27-16)32-10-21(23,24)25/h2-7H,8-11H2,1H3,(H2,26,29)(H,28,30). The molecule has 176 valence electrons. The van der Waals surface area contributed by atoms with E-state index in [1.165, 1.54) is 42.1 Å². The zero-order chi connectivity index (χ0) is 23.9. The van der Waals surface area contributed by atoms with E-state index in [1.807, 2.05) is 6.92 Å². The third-order valence-electron chi connectivity index (χ3n) is 5.61. The Balaban J connectivity index is 1.55. The summed E-state index contributed by atoms with van der Waals surface area (Å²) in [5.74, 6) is -0.652. The lowest BCUT2D eigenvalue weighted by atomic mass is 9.70. The van der Waals surface area contributed by atoms with E-state index < -0.39 is 35.5 Å². The van der Waals surface area contributed by atoms with Crippen molar-refractivity contribution in [2.24, 2.45) is 16.1 Å². The van der Waals surface area contributed by atoms with Crippen molar-refractivity contribution in [3.8, 4) is 5.75 Å². The SMILES string of the molecule is CC12COCC1(c1cc(NC(=O)c3ccc(OCC(F)(F)F)cn3)ccc1F)N=C(N)SC2. The molecule has 7 nitrogen and oxygen atoms in total. The number of aromatic nitrogens is 1. The molecule has 2 aromatic rings. The summed E-state index contributed by atoms with van der Waals surface area (Å²) in [5.41, 5.74) is 4.95. The first-order chi connectivity index (χ1) is 15.5. The second-order valence-electron chi connectivity index (χ2n) is 8.08. The highest BCUT2D eigenvalue weighted by molar-refractivity contribution is 8.13. The number of nitrogens with zero attached hydrogens (tertiary/aromatic N) is 2. The molecule has 0 spiro atoms. The molecule has 1 amide bonds. The molecule has 4 rings (SSSR count). The Labute approximate surface area is 190 Å². The molecule has 0 radical (unpaired) electrons. The van der Waals surface area contributed by atoms with Gasteiger partial charge in [0.15, 0.2) is 11.8 Å². The third-order valence-corrected chi connectivity index (χ3v) is 6.78. The van der Waals surface area contributed by atoms with Crippen LogP contribution in [0, 0.1) is 11.2 Å². The van der Waals surface area contributed by atoms with Crippen LogP contribution in [0.3, 0.4) is 0 Å². The Morgan fingerprint density at radius 3 is 2.79 bits per heavy atom. The van der Waals surface area contributed by atoms with E-state index in [0.29, 0.717) is 23.2 Å². The number of benzene rings is 1. The number of ether oxygens (including phenoxy) is 2. The van der Waals surface area contributed by atoms with Gasteiger partial charge in [0, 0.05) is 22.4 Å². The van der Waals surface area contributed by atoms with Crippen LogP contribution < -0.4 is 15.8 Å². The van der Waals surface area contributed by atoms with Gasteiger partial charge in [0.1, 0.15) is 22.8 Å². The Kier molecular flexibility index (Phi) is 5.99. The lowest BCUT2D eigenvalue weighted by Gasteiger charge is -2.42. The van der Waals surface area contributed by atoms with Gasteiger partial charge in [-0.1, -0.05) is 18.7 Å². The number of aliphatic imine (C=N–C) groups is 1. The number of alkyl halides is 3. The van der Waals surface area contributed by atoms with E-state index in [1.54, 1.807) is 0 Å². The molecule has 33 heavy (non-hydrogen) atoms. The summed E-state index contributed by atoms with van der Waals surface area (Å²) in [6, 6.07) is 6.56. The van der Waals surface area contributed by atoms with Gasteiger partial charge in [-0.15, -0.1) is 0 Å². The molecule has 1 fully saturated rings. The van der Waals surface area contributed by atoms with Gasteiger partial charge in [-0.05, 0) is 30.3 Å². The van der Waals surface area contributed by atoms with Crippen LogP contribution in [0.5, 0.6) is 5.75 Å². The van der Waals surface area contributed by atoms with E-state index in [2.05, 4.69) is 20.0 Å². The number of amides is 1. The minimum atomic E-state index is -4.48. The fourth-order valence-corrected chi connectivity index (χ4v) is 4.85. The summed E-state index contributed by atoms with van der Waals surface area (Å²) in [6.45, 7) is 1.04. The maximum Gasteiger partial charge on any atom is 0.422 e. The van der Waals surface area contributed by atoms with Crippen molar-refractivity contribution in [1.29, 1.82) is 0 Å². The lowest BCUT2D eigenvalue weighted by molar-refractivity contribution is -0.153. The van der Waals surface area contributed by atoms with Gasteiger partial charge < -0.3 is 20.5 Å². The average molecular weight is 484 g/mol. The average Bonchev–Trinajstić information content (AvgIpc) is 3.10. The number of nitrogens with one attached hydrogen (secondary N) is 1. The van der Waals surface area contributed by atoms with Crippen LogP contribution in [0.1, 0.15) is 23.0 Å². The van der Waals surface area contributed by atoms with Crippen LogP contribution in [0.15, 0.2) is 41.5 Å². The number of fused-ring (bicyclic) bond motifs is 1. The fraction of sp³-hybridized carbons (Fsp3) is 0.381. The van der Waals surface area contributed by atoms with Gasteiger partial charge in [0.2, 0.25) is 0 Å². The Hall–Kier alpha value is -2.86. The first-order valence-corrected chi connectivity index (χ1v) is 10.8. The van der Waals surface area contributed by atoms with E-state index >= 15 is 0 Å². The highest BCUT2D eigenvalue weighted by Crippen LogP contribution is 2.53. The van der Waals surface area contributed by atoms with Crippen LogP contribution in [0.25, 0.3) is 0 Å². The molecule has 1 aromatic carbocycles. The second-order valence-corrected chi connectivity index (χ2v) is 9.08. The highest BCUT2D eigenvalue weighted by atomic mass is 32.2. The van der Waals surface area contributed by atoms with Crippen molar-refractivity contribution < 1.29 is 31.8 Å². The third kappa shape index (κ3) is 4.62. The summed E-state index contributed by atoms with van der Waals surface area (Å²) < 4.78 is 62.0. The van der Waals surface area contributed by atoms with Crippen LogP contribution in [-0.4, -0.2) is 47.8 Å². The number of hydrogen-bond acceptors (Lipinski definition) is 7. The number of hydrogen-bond donors (Lipinski definition) is 2. The smallest absolute Gasteiger partial charge is 0.422 e. The maximum atomic E-state index is 15.0. The molecular weight excluding hydrogens is 464 g/mol. The zero-order valence-corrected chi connectivity index (χ0v) is 18.2. The summed E-state index contributed by atoms with van der Waals surface area (Å²) in [6.07, 6.45) is -3.46. The number of nitrogens with two attached hydrogens (primary N) is 1. The van der Waals surface area contributed by atoms with Gasteiger partial charge in [-0.25, -0.2) is 14.4 Å². The largest absolute Gasteiger partial charge is 0.483 e. The number of carbonyl (C=O) groups excluding carboxylic acids is 1. The fourth-order valence-electron chi connectivity index (χ4n) is 3.84. The van der Waals surface area contributed by atoms with Crippen LogP contribution in [0.2, 0.25) is 0 Å². The minimum absolute atomic E-state index is 0.0521. The normalized spacial score (nSPS) is 24.7. The Morgan fingerprint density at radius 2 is 2.09 bits per heavy atom. The van der Waals surface area contributed by atoms with Crippen molar-refractivity contribution in [2.75, 3.05) is 30.9 Å². The molecule has 2 aliphatic rings. The predicted octanol–water partition coefficient (Wildman–Crippen LogP) is 3.71.